The molecule has 0 fully saturated rings. The standard InChI is InChI=1S/C16H12N2O2/c17-9-10-8-13(16-14(19)6-3-7-15(16)20)18-12-5-2-1-4-11(10)12/h1-2,4-5,8,19H,3,6-7H2. The molecule has 98 valence electrons. The second-order valence-electron chi connectivity index (χ2n) is 4.78. The van der Waals surface area contributed by atoms with Crippen LogP contribution in [0, 0.1) is 11.3 Å². The highest BCUT2D eigenvalue weighted by Crippen LogP contribution is 2.29. The average Bonchev–Trinajstić information content (AvgIpc) is 2.46. The number of para-hydroxylation sites is 1. The van der Waals surface area contributed by atoms with Crippen molar-refractivity contribution in [2.45, 2.75) is 19.3 Å². The number of nitriles is 1. The van der Waals surface area contributed by atoms with E-state index in [4.69, 9.17) is 0 Å². The first-order valence-electron chi connectivity index (χ1n) is 6.46. The van der Waals surface area contributed by atoms with Crippen LogP contribution < -0.4 is 0 Å². The number of aliphatic hydroxyl groups excluding tert-OH is 1. The molecule has 0 saturated heterocycles. The predicted octanol–water partition coefficient (Wildman–Crippen LogP) is 3.13. The summed E-state index contributed by atoms with van der Waals surface area (Å²) in [4.78, 5) is 16.4. The van der Waals surface area contributed by atoms with E-state index in [0.717, 1.165) is 5.39 Å². The first-order valence-corrected chi connectivity index (χ1v) is 6.46. The number of allylic oxidation sites excluding steroid dienone is 2. The number of aromatic nitrogens is 1. The van der Waals surface area contributed by atoms with E-state index in [9.17, 15) is 15.2 Å². The molecule has 1 N–H and O–H groups in total. The number of nitrogens with zero attached hydrogens (tertiary/aromatic N) is 2. The van der Waals surface area contributed by atoms with Gasteiger partial charge >= 0.3 is 0 Å². The Labute approximate surface area is 116 Å². The Kier molecular flexibility index (Phi) is 2.96. The third kappa shape index (κ3) is 1.94. The molecule has 0 unspecified atom stereocenters. The van der Waals surface area contributed by atoms with E-state index in [-0.39, 0.29) is 17.1 Å². The van der Waals surface area contributed by atoms with E-state index in [1.165, 1.54) is 0 Å². The first kappa shape index (κ1) is 12.4. The summed E-state index contributed by atoms with van der Waals surface area (Å²) in [6.45, 7) is 0. The van der Waals surface area contributed by atoms with Gasteiger partial charge in [-0.3, -0.25) is 4.79 Å². The summed E-state index contributed by atoms with van der Waals surface area (Å²) in [5.74, 6) is -0.0339. The molecule has 1 heterocycles. The van der Waals surface area contributed by atoms with Crippen LogP contribution in [0.1, 0.15) is 30.5 Å². The number of fused-ring (bicyclic) bond motifs is 1. The van der Waals surface area contributed by atoms with Crippen molar-refractivity contribution in [2.75, 3.05) is 0 Å². The van der Waals surface area contributed by atoms with Crippen LogP contribution in [-0.4, -0.2) is 15.9 Å². The molecule has 0 saturated carbocycles. The number of rotatable bonds is 1. The molecule has 0 radical (unpaired) electrons. The van der Waals surface area contributed by atoms with Crippen molar-refractivity contribution in [3.05, 3.63) is 47.3 Å². The van der Waals surface area contributed by atoms with Gasteiger partial charge in [0.05, 0.1) is 28.4 Å². The van der Waals surface area contributed by atoms with Crippen molar-refractivity contribution in [3.63, 3.8) is 0 Å². The summed E-state index contributed by atoms with van der Waals surface area (Å²) >= 11 is 0. The number of aliphatic hydroxyl groups is 1. The molecule has 4 nitrogen and oxygen atoms in total. The van der Waals surface area contributed by atoms with Crippen molar-refractivity contribution >= 4 is 22.3 Å². The minimum absolute atomic E-state index is 0.0768. The van der Waals surface area contributed by atoms with Gasteiger partial charge in [-0.15, -0.1) is 0 Å². The fourth-order valence-electron chi connectivity index (χ4n) is 2.51. The highest BCUT2D eigenvalue weighted by Gasteiger charge is 2.23. The second-order valence-corrected chi connectivity index (χ2v) is 4.78. The lowest BCUT2D eigenvalue weighted by molar-refractivity contribution is -0.114. The van der Waals surface area contributed by atoms with Crippen LogP contribution in [0.15, 0.2) is 36.1 Å². The SMILES string of the molecule is N#Cc1cc(C2=C(O)CCCC2=O)nc2ccccc12. The van der Waals surface area contributed by atoms with Gasteiger partial charge in [-0.1, -0.05) is 18.2 Å². The molecule has 1 aliphatic rings. The highest BCUT2D eigenvalue weighted by molar-refractivity contribution is 6.21. The average molecular weight is 264 g/mol. The molecule has 0 aliphatic heterocycles. The number of hydrogen-bond acceptors (Lipinski definition) is 4. The lowest BCUT2D eigenvalue weighted by atomic mass is 9.92. The predicted molar refractivity (Wildman–Crippen MR) is 74.9 cm³/mol. The molecule has 1 aromatic carbocycles. The van der Waals surface area contributed by atoms with E-state index < -0.39 is 0 Å². The van der Waals surface area contributed by atoms with Crippen LogP contribution in [0.3, 0.4) is 0 Å². The number of pyridine rings is 1. The minimum atomic E-state index is -0.111. The maximum absolute atomic E-state index is 12.0. The Morgan fingerprint density at radius 3 is 2.80 bits per heavy atom. The van der Waals surface area contributed by atoms with Crippen LogP contribution in [0.2, 0.25) is 0 Å². The summed E-state index contributed by atoms with van der Waals surface area (Å²) in [5.41, 5.74) is 1.77. The molecule has 0 amide bonds. The highest BCUT2D eigenvalue weighted by atomic mass is 16.3. The van der Waals surface area contributed by atoms with Gasteiger partial charge in [-0.25, -0.2) is 4.98 Å². The van der Waals surface area contributed by atoms with Crippen LogP contribution in [0.4, 0.5) is 0 Å². The Morgan fingerprint density at radius 1 is 1.25 bits per heavy atom. The van der Waals surface area contributed by atoms with Gasteiger partial charge < -0.3 is 5.11 Å². The minimum Gasteiger partial charge on any atom is -0.511 e. The van der Waals surface area contributed by atoms with E-state index in [0.29, 0.717) is 36.0 Å². The van der Waals surface area contributed by atoms with Crippen molar-refractivity contribution in [1.29, 1.82) is 5.26 Å². The summed E-state index contributed by atoms with van der Waals surface area (Å²) in [6.07, 6.45) is 1.56. The maximum Gasteiger partial charge on any atom is 0.168 e. The van der Waals surface area contributed by atoms with Crippen LogP contribution in [-0.2, 0) is 4.79 Å². The fourth-order valence-corrected chi connectivity index (χ4v) is 2.51. The molecule has 0 bridgehead atoms. The van der Waals surface area contributed by atoms with E-state index in [2.05, 4.69) is 11.1 Å². The zero-order chi connectivity index (χ0) is 14.1. The third-order valence-electron chi connectivity index (χ3n) is 3.48. The number of benzene rings is 1. The fraction of sp³-hybridized carbons (Fsp3) is 0.188. The number of carbonyl (C=O) groups excluding carboxylic acids is 1. The van der Waals surface area contributed by atoms with E-state index >= 15 is 0 Å². The Balaban J connectivity index is 2.28. The third-order valence-corrected chi connectivity index (χ3v) is 3.48. The van der Waals surface area contributed by atoms with Crippen molar-refractivity contribution < 1.29 is 9.90 Å². The van der Waals surface area contributed by atoms with Crippen molar-refractivity contribution in [1.82, 2.24) is 4.98 Å². The molecule has 2 aromatic rings. The van der Waals surface area contributed by atoms with Gasteiger partial charge in [0.15, 0.2) is 5.78 Å². The van der Waals surface area contributed by atoms with Gasteiger partial charge in [0.1, 0.15) is 5.76 Å². The second kappa shape index (κ2) is 4.78. The molecule has 0 atom stereocenters. The normalized spacial score (nSPS) is 15.4. The topological polar surface area (TPSA) is 74.0 Å². The summed E-state index contributed by atoms with van der Waals surface area (Å²) < 4.78 is 0. The smallest absolute Gasteiger partial charge is 0.168 e. The molecular weight excluding hydrogens is 252 g/mol. The summed E-state index contributed by atoms with van der Waals surface area (Å²) in [7, 11) is 0. The molecule has 1 aliphatic carbocycles. The van der Waals surface area contributed by atoms with Crippen LogP contribution in [0.5, 0.6) is 0 Å². The lowest BCUT2D eigenvalue weighted by Gasteiger charge is -2.15. The van der Waals surface area contributed by atoms with Crippen LogP contribution in [0.25, 0.3) is 16.5 Å². The van der Waals surface area contributed by atoms with Gasteiger partial charge in [-0.2, -0.15) is 5.26 Å². The van der Waals surface area contributed by atoms with Gasteiger partial charge in [0.2, 0.25) is 0 Å². The number of carbonyl (C=O) groups is 1. The van der Waals surface area contributed by atoms with Crippen LogP contribution >= 0.6 is 0 Å². The molecule has 1 aromatic heterocycles. The molecule has 0 spiro atoms. The summed E-state index contributed by atoms with van der Waals surface area (Å²) in [5, 5.41) is 20.0. The number of ketones is 1. The zero-order valence-corrected chi connectivity index (χ0v) is 10.8. The molecule has 4 heteroatoms. The summed E-state index contributed by atoms with van der Waals surface area (Å²) in [6, 6.07) is 11.0. The lowest BCUT2D eigenvalue weighted by Crippen LogP contribution is -2.12. The monoisotopic (exact) mass is 264 g/mol. The Morgan fingerprint density at radius 2 is 2.05 bits per heavy atom. The van der Waals surface area contributed by atoms with Gasteiger partial charge in [0, 0.05) is 18.2 Å². The first-order chi connectivity index (χ1) is 9.70. The zero-order valence-electron chi connectivity index (χ0n) is 10.8. The molecule has 20 heavy (non-hydrogen) atoms. The van der Waals surface area contributed by atoms with E-state index in [1.54, 1.807) is 12.1 Å². The van der Waals surface area contributed by atoms with E-state index in [1.807, 2.05) is 18.2 Å². The molecule has 3 rings (SSSR count). The molecular formula is C16H12N2O2. The van der Waals surface area contributed by atoms with Gasteiger partial charge in [0.25, 0.3) is 0 Å². The van der Waals surface area contributed by atoms with Gasteiger partial charge in [-0.05, 0) is 18.6 Å². The Bertz CT molecular complexity index is 785. The quantitative estimate of drug-likeness (QED) is 0.858. The largest absolute Gasteiger partial charge is 0.511 e. The number of Topliss-reactive ketones (excluding diaryl/α,β-unsaturated/α-hetero) is 1. The number of hydrogen-bond donors (Lipinski definition) is 1. The maximum atomic E-state index is 12.0. The van der Waals surface area contributed by atoms with Crippen molar-refractivity contribution in [2.24, 2.45) is 0 Å². The van der Waals surface area contributed by atoms with Crippen molar-refractivity contribution in [3.8, 4) is 6.07 Å². The Hall–Kier alpha value is -2.67.